The molecule has 0 aliphatic rings. The zero-order valence-electron chi connectivity index (χ0n) is 25.4. The van der Waals surface area contributed by atoms with Gasteiger partial charge in [-0.05, 0) is 97.1 Å². The van der Waals surface area contributed by atoms with E-state index in [0.29, 0.717) is 11.3 Å². The van der Waals surface area contributed by atoms with Crippen LogP contribution in [-0.4, -0.2) is 45.9 Å². The first kappa shape index (κ1) is 32.3. The first-order valence-electron chi connectivity index (χ1n) is 13.4. The smallest absolute Gasteiger partial charge is 0.408 e. The Morgan fingerprint density at radius 2 is 1.32 bits per heavy atom. The highest BCUT2D eigenvalue weighted by molar-refractivity contribution is 6.01. The minimum atomic E-state index is -1.36. The topological polar surface area (TPSA) is 131 Å². The second kappa shape index (κ2) is 12.5. The molecule has 0 spiro atoms. The van der Waals surface area contributed by atoms with Crippen molar-refractivity contribution in [3.05, 3.63) is 64.2 Å². The van der Waals surface area contributed by atoms with E-state index in [1.54, 1.807) is 41.5 Å². The summed E-state index contributed by atoms with van der Waals surface area (Å²) in [5.74, 6) is -1.85. The SMILES string of the molecule is Cc1cccc(C)c1NC(=O)C(c1c(C)cccc1C)N(C(=O)C(CC(N)=O)NC(=O)OC(C)(C)C)C(C)(C)C. The molecule has 218 valence electrons. The summed E-state index contributed by atoms with van der Waals surface area (Å²) >= 11 is 0. The van der Waals surface area contributed by atoms with Gasteiger partial charge in [0.25, 0.3) is 5.91 Å². The average Bonchev–Trinajstić information content (AvgIpc) is 2.77. The third-order valence-electron chi connectivity index (χ3n) is 6.41. The monoisotopic (exact) mass is 552 g/mol. The van der Waals surface area contributed by atoms with Crippen LogP contribution in [0.1, 0.15) is 81.8 Å². The number of hydrogen-bond donors (Lipinski definition) is 3. The Morgan fingerprint density at radius 1 is 0.850 bits per heavy atom. The van der Waals surface area contributed by atoms with E-state index in [-0.39, 0.29) is 0 Å². The molecule has 2 atom stereocenters. The third-order valence-corrected chi connectivity index (χ3v) is 6.41. The van der Waals surface area contributed by atoms with Crippen molar-refractivity contribution in [2.75, 3.05) is 5.32 Å². The van der Waals surface area contributed by atoms with Gasteiger partial charge >= 0.3 is 6.09 Å². The number of nitrogens with two attached hydrogens (primary N) is 1. The van der Waals surface area contributed by atoms with Crippen molar-refractivity contribution in [3.8, 4) is 0 Å². The lowest BCUT2D eigenvalue weighted by atomic mass is 9.89. The lowest BCUT2D eigenvalue weighted by Gasteiger charge is -2.43. The predicted molar refractivity (Wildman–Crippen MR) is 157 cm³/mol. The van der Waals surface area contributed by atoms with E-state index in [1.165, 1.54) is 4.90 Å². The van der Waals surface area contributed by atoms with Gasteiger partial charge in [0.2, 0.25) is 11.8 Å². The lowest BCUT2D eigenvalue weighted by Crippen LogP contribution is -2.59. The van der Waals surface area contributed by atoms with Crippen molar-refractivity contribution in [2.45, 2.75) is 98.9 Å². The summed E-state index contributed by atoms with van der Waals surface area (Å²) < 4.78 is 5.35. The van der Waals surface area contributed by atoms with Crippen LogP contribution >= 0.6 is 0 Å². The van der Waals surface area contributed by atoms with Crippen molar-refractivity contribution < 1.29 is 23.9 Å². The molecule has 0 aromatic heterocycles. The Balaban J connectivity index is 2.72. The summed E-state index contributed by atoms with van der Waals surface area (Å²) in [4.78, 5) is 54.7. The molecule has 2 aromatic rings. The number of carbonyl (C=O) groups is 4. The molecule has 0 fully saturated rings. The van der Waals surface area contributed by atoms with Gasteiger partial charge in [0.1, 0.15) is 17.7 Å². The van der Waals surface area contributed by atoms with Crippen LogP contribution in [0.25, 0.3) is 0 Å². The molecule has 0 radical (unpaired) electrons. The molecule has 9 heteroatoms. The highest BCUT2D eigenvalue weighted by atomic mass is 16.6. The molecular weight excluding hydrogens is 508 g/mol. The van der Waals surface area contributed by atoms with Crippen LogP contribution in [0.5, 0.6) is 0 Å². The second-order valence-corrected chi connectivity index (χ2v) is 12.2. The number of benzene rings is 2. The van der Waals surface area contributed by atoms with Gasteiger partial charge in [-0.1, -0.05) is 36.4 Å². The number of para-hydroxylation sites is 1. The molecule has 9 nitrogen and oxygen atoms in total. The van der Waals surface area contributed by atoms with E-state index in [0.717, 1.165) is 22.3 Å². The zero-order valence-corrected chi connectivity index (χ0v) is 25.4. The Morgan fingerprint density at radius 3 is 1.75 bits per heavy atom. The number of amides is 4. The molecule has 0 heterocycles. The summed E-state index contributed by atoms with van der Waals surface area (Å²) in [5.41, 5.74) is 8.44. The van der Waals surface area contributed by atoms with Gasteiger partial charge in [-0.3, -0.25) is 14.4 Å². The molecule has 0 aliphatic carbocycles. The lowest BCUT2D eigenvalue weighted by molar-refractivity contribution is -0.147. The van der Waals surface area contributed by atoms with E-state index < -0.39 is 53.5 Å². The van der Waals surface area contributed by atoms with E-state index in [9.17, 15) is 19.2 Å². The third kappa shape index (κ3) is 8.31. The highest BCUT2D eigenvalue weighted by Gasteiger charge is 2.43. The number of nitrogens with zero attached hydrogens (tertiary/aromatic N) is 1. The van der Waals surface area contributed by atoms with Crippen LogP contribution in [0, 0.1) is 27.7 Å². The van der Waals surface area contributed by atoms with Crippen LogP contribution in [-0.2, 0) is 19.1 Å². The number of anilines is 1. The van der Waals surface area contributed by atoms with Crippen LogP contribution in [0.3, 0.4) is 0 Å². The van der Waals surface area contributed by atoms with E-state index in [2.05, 4.69) is 10.6 Å². The first-order valence-corrected chi connectivity index (χ1v) is 13.4. The highest BCUT2D eigenvalue weighted by Crippen LogP contribution is 2.35. The van der Waals surface area contributed by atoms with Crippen LogP contribution < -0.4 is 16.4 Å². The Bertz CT molecular complexity index is 1230. The van der Waals surface area contributed by atoms with Gasteiger partial charge < -0.3 is 26.0 Å². The number of rotatable bonds is 8. The summed E-state index contributed by atoms with van der Waals surface area (Å²) in [6.07, 6.45) is -1.34. The standard InChI is InChI=1S/C31H44N4O5/c1-18-13-11-14-19(2)24(18)26(27(37)34-25-20(3)15-12-16-21(25)4)35(30(5,6)7)28(38)22(17-23(32)36)33-29(39)40-31(8,9)10/h11-16,22,26H,17H2,1-10H3,(H2,32,36)(H,33,39)(H,34,37). The maximum Gasteiger partial charge on any atom is 0.408 e. The number of hydrogen-bond acceptors (Lipinski definition) is 5. The van der Waals surface area contributed by atoms with E-state index in [4.69, 9.17) is 10.5 Å². The van der Waals surface area contributed by atoms with Crippen molar-refractivity contribution in [1.82, 2.24) is 10.2 Å². The van der Waals surface area contributed by atoms with Crippen molar-refractivity contribution in [2.24, 2.45) is 5.73 Å². The number of carbonyl (C=O) groups excluding carboxylic acids is 4. The summed E-state index contributed by atoms with van der Waals surface area (Å²) in [6.45, 7) is 18.0. The van der Waals surface area contributed by atoms with Crippen LogP contribution in [0.4, 0.5) is 10.5 Å². The molecule has 4 N–H and O–H groups in total. The molecule has 0 bridgehead atoms. The van der Waals surface area contributed by atoms with E-state index >= 15 is 0 Å². The first-order chi connectivity index (χ1) is 18.3. The molecule has 0 saturated heterocycles. The van der Waals surface area contributed by atoms with Gasteiger partial charge in [-0.2, -0.15) is 0 Å². The van der Waals surface area contributed by atoms with Gasteiger partial charge in [0, 0.05) is 11.2 Å². The molecule has 2 unspecified atom stereocenters. The zero-order chi connectivity index (χ0) is 30.6. The molecule has 0 saturated carbocycles. The van der Waals surface area contributed by atoms with Gasteiger partial charge in [0.15, 0.2) is 0 Å². The number of aryl methyl sites for hydroxylation is 4. The molecule has 40 heavy (non-hydrogen) atoms. The largest absolute Gasteiger partial charge is 0.444 e. The molecular formula is C31H44N4O5. The minimum Gasteiger partial charge on any atom is -0.444 e. The maximum absolute atomic E-state index is 14.3. The Hall–Kier alpha value is -3.88. The summed E-state index contributed by atoms with van der Waals surface area (Å²) in [5, 5.41) is 5.57. The fourth-order valence-electron chi connectivity index (χ4n) is 4.70. The predicted octanol–water partition coefficient (Wildman–Crippen LogP) is 5.00. The fraction of sp³-hybridized carbons (Fsp3) is 0.484. The molecule has 2 rings (SSSR count). The molecule has 0 aliphatic heterocycles. The normalized spacial score (nSPS) is 13.2. The molecule has 2 aromatic carbocycles. The van der Waals surface area contributed by atoms with Crippen molar-refractivity contribution >= 4 is 29.5 Å². The van der Waals surface area contributed by atoms with Crippen molar-refractivity contribution in [1.29, 1.82) is 0 Å². The number of alkyl carbamates (subject to hydrolysis) is 1. The quantitative estimate of drug-likeness (QED) is 0.424. The maximum atomic E-state index is 14.3. The van der Waals surface area contributed by atoms with Gasteiger partial charge in [-0.15, -0.1) is 0 Å². The number of primary amides is 1. The minimum absolute atomic E-state index is 0.423. The second-order valence-electron chi connectivity index (χ2n) is 12.2. The summed E-state index contributed by atoms with van der Waals surface area (Å²) in [6, 6.07) is 8.91. The van der Waals surface area contributed by atoms with Crippen LogP contribution in [0.15, 0.2) is 36.4 Å². The van der Waals surface area contributed by atoms with Gasteiger partial charge in [0.05, 0.1) is 6.42 Å². The average molecular weight is 553 g/mol. The Kier molecular flexibility index (Phi) is 10.1. The number of nitrogens with one attached hydrogen (secondary N) is 2. The van der Waals surface area contributed by atoms with E-state index in [1.807, 2.05) is 64.1 Å². The molecule has 4 amide bonds. The Labute approximate surface area is 237 Å². The fourth-order valence-corrected chi connectivity index (χ4v) is 4.70. The van der Waals surface area contributed by atoms with Crippen LogP contribution in [0.2, 0.25) is 0 Å². The number of ether oxygens (including phenoxy) is 1. The summed E-state index contributed by atoms with van der Waals surface area (Å²) in [7, 11) is 0. The van der Waals surface area contributed by atoms with Crippen molar-refractivity contribution in [3.63, 3.8) is 0 Å². The van der Waals surface area contributed by atoms with Gasteiger partial charge in [-0.25, -0.2) is 4.79 Å².